The van der Waals surface area contributed by atoms with E-state index in [-0.39, 0.29) is 35.9 Å². The minimum Gasteiger partial charge on any atom is -0.348 e. The first-order valence-corrected chi connectivity index (χ1v) is 13.3. The van der Waals surface area contributed by atoms with Crippen LogP contribution >= 0.6 is 0 Å². The first kappa shape index (κ1) is 25.9. The zero-order valence-electron chi connectivity index (χ0n) is 22.4. The lowest BCUT2D eigenvalue weighted by atomic mass is 9.84. The van der Waals surface area contributed by atoms with Gasteiger partial charge < -0.3 is 20.2 Å². The second kappa shape index (κ2) is 10.6. The first-order valence-electron chi connectivity index (χ1n) is 13.3. The molecule has 1 aliphatic heterocycles. The molecule has 0 aliphatic carbocycles. The Kier molecular flexibility index (Phi) is 7.21. The largest absolute Gasteiger partial charge is 0.348 e. The molecule has 1 fully saturated rings. The van der Waals surface area contributed by atoms with Gasteiger partial charge in [-0.25, -0.2) is 4.39 Å². The van der Waals surface area contributed by atoms with E-state index in [4.69, 9.17) is 0 Å². The van der Waals surface area contributed by atoms with E-state index in [1.54, 1.807) is 12.1 Å². The maximum atomic E-state index is 13.9. The third kappa shape index (κ3) is 4.90. The van der Waals surface area contributed by atoms with E-state index in [0.717, 1.165) is 52.8 Å². The lowest BCUT2D eigenvalue weighted by Gasteiger charge is -2.35. The molecule has 3 unspecified atom stereocenters. The minimum absolute atomic E-state index is 0.0904. The van der Waals surface area contributed by atoms with E-state index in [0.29, 0.717) is 17.0 Å². The van der Waals surface area contributed by atoms with Crippen molar-refractivity contribution in [1.82, 2.24) is 20.2 Å². The summed E-state index contributed by atoms with van der Waals surface area (Å²) in [4.78, 5) is 28.8. The average molecular weight is 515 g/mol. The summed E-state index contributed by atoms with van der Waals surface area (Å²) in [5, 5.41) is 7.45. The van der Waals surface area contributed by atoms with Crippen LogP contribution in [0.1, 0.15) is 70.3 Å². The molecule has 38 heavy (non-hydrogen) atoms. The molecular weight excluding hydrogens is 479 g/mol. The van der Waals surface area contributed by atoms with Crippen molar-refractivity contribution in [3.8, 4) is 0 Å². The molecular formula is C31H35FN4O2. The number of hydrogen-bond acceptors (Lipinski definition) is 3. The van der Waals surface area contributed by atoms with Gasteiger partial charge in [0.05, 0.1) is 5.56 Å². The van der Waals surface area contributed by atoms with Gasteiger partial charge >= 0.3 is 0 Å². The Hall–Kier alpha value is -3.71. The lowest BCUT2D eigenvalue weighted by molar-refractivity contribution is 0.0951. The van der Waals surface area contributed by atoms with Crippen molar-refractivity contribution in [2.75, 3.05) is 6.54 Å². The number of fused-ring (bicyclic) bond motifs is 1. The molecule has 7 heteroatoms. The Morgan fingerprint density at radius 3 is 2.68 bits per heavy atom. The third-order valence-corrected chi connectivity index (χ3v) is 8.09. The zero-order chi connectivity index (χ0) is 27.0. The van der Waals surface area contributed by atoms with E-state index in [9.17, 15) is 14.0 Å². The fourth-order valence-electron chi connectivity index (χ4n) is 6.13. The van der Waals surface area contributed by atoms with E-state index in [1.165, 1.54) is 6.07 Å². The number of para-hydroxylation sites is 1. The van der Waals surface area contributed by atoms with E-state index >= 15 is 0 Å². The van der Waals surface area contributed by atoms with Gasteiger partial charge in [0.15, 0.2) is 0 Å². The van der Waals surface area contributed by atoms with Crippen LogP contribution in [-0.4, -0.2) is 22.0 Å². The van der Waals surface area contributed by atoms with Crippen LogP contribution < -0.4 is 16.2 Å². The number of carbonyl (C=O) groups is 1. The molecule has 3 N–H and O–H groups in total. The maximum Gasteiger partial charge on any atom is 0.254 e. The van der Waals surface area contributed by atoms with Crippen LogP contribution in [0.3, 0.4) is 0 Å². The summed E-state index contributed by atoms with van der Waals surface area (Å²) in [6.45, 7) is 8.97. The summed E-state index contributed by atoms with van der Waals surface area (Å²) in [6.07, 6.45) is 1.88. The molecule has 1 saturated heterocycles. The molecule has 6 nitrogen and oxygen atoms in total. The number of pyridine rings is 1. The Labute approximate surface area is 222 Å². The maximum absolute atomic E-state index is 13.9. The molecule has 0 radical (unpaired) electrons. The number of halogens is 1. The fraction of sp³-hybridized carbons (Fsp3) is 0.355. The highest BCUT2D eigenvalue weighted by Crippen LogP contribution is 2.38. The minimum atomic E-state index is -0.217. The number of nitrogens with zero attached hydrogens (tertiary/aromatic N) is 1. The molecule has 2 aromatic heterocycles. The molecule has 3 atom stereocenters. The summed E-state index contributed by atoms with van der Waals surface area (Å²) in [5.74, 6) is -0.0547. The Bertz CT molecular complexity index is 1550. The van der Waals surface area contributed by atoms with E-state index in [2.05, 4.69) is 33.2 Å². The molecule has 0 spiro atoms. The summed E-state index contributed by atoms with van der Waals surface area (Å²) < 4.78 is 16.2. The summed E-state index contributed by atoms with van der Waals surface area (Å²) in [7, 11) is 0. The third-order valence-electron chi connectivity index (χ3n) is 8.09. The smallest absolute Gasteiger partial charge is 0.254 e. The predicted molar refractivity (Wildman–Crippen MR) is 149 cm³/mol. The van der Waals surface area contributed by atoms with Crippen LogP contribution in [0.4, 0.5) is 4.39 Å². The molecule has 0 bridgehead atoms. The average Bonchev–Trinajstić information content (AvgIpc) is 3.19. The number of nitrogens with one attached hydrogen (secondary N) is 3. The predicted octanol–water partition coefficient (Wildman–Crippen LogP) is 5.63. The van der Waals surface area contributed by atoms with Crippen molar-refractivity contribution < 1.29 is 9.18 Å². The van der Waals surface area contributed by atoms with Crippen LogP contribution in [0.15, 0.2) is 59.4 Å². The molecule has 5 rings (SSSR count). The highest BCUT2D eigenvalue weighted by atomic mass is 19.1. The van der Waals surface area contributed by atoms with Gasteiger partial charge in [-0.1, -0.05) is 30.3 Å². The zero-order valence-corrected chi connectivity index (χ0v) is 22.4. The SMILES string of the molecule is Cc1cc(C)c(CNC(=O)c2c(C)n(C(C)C3CCNC(c4cccc(F)c4)C3)c3ccccc23)c(=O)[nH]1. The number of carbonyl (C=O) groups excluding carboxylic acids is 1. The van der Waals surface area contributed by atoms with E-state index < -0.39 is 0 Å². The second-order valence-electron chi connectivity index (χ2n) is 10.6. The standard InChI is InChI=1S/C31H35FN4O2/c1-18-14-19(2)35-30(37)26(18)17-34-31(38)29-21(4)36(28-11-6-5-10-25(28)29)20(3)22-12-13-33-27(16-22)23-8-7-9-24(32)15-23/h5-11,14-15,20,22,27,33H,12-13,16-17H2,1-4H3,(H,34,38)(H,35,37). The van der Waals surface area contributed by atoms with Gasteiger partial charge in [0.2, 0.25) is 0 Å². The molecule has 3 heterocycles. The second-order valence-corrected chi connectivity index (χ2v) is 10.6. The topological polar surface area (TPSA) is 78.9 Å². The van der Waals surface area contributed by atoms with Gasteiger partial charge in [-0.05, 0) is 88.4 Å². The van der Waals surface area contributed by atoms with Crippen LogP contribution in [-0.2, 0) is 6.54 Å². The number of H-pyrrole nitrogens is 1. The molecule has 198 valence electrons. The van der Waals surface area contributed by atoms with Crippen molar-refractivity contribution in [1.29, 1.82) is 0 Å². The quantitative estimate of drug-likeness (QED) is 0.312. The number of benzene rings is 2. The number of hydrogen-bond donors (Lipinski definition) is 3. The van der Waals surface area contributed by atoms with Crippen LogP contribution in [0.5, 0.6) is 0 Å². The van der Waals surface area contributed by atoms with Gasteiger partial charge in [0.1, 0.15) is 5.82 Å². The van der Waals surface area contributed by atoms with Crippen molar-refractivity contribution in [3.05, 3.63) is 104 Å². The lowest BCUT2D eigenvalue weighted by Crippen LogP contribution is -2.35. The number of amides is 1. The van der Waals surface area contributed by atoms with Crippen LogP contribution in [0.2, 0.25) is 0 Å². The fourth-order valence-corrected chi connectivity index (χ4v) is 6.13. The van der Waals surface area contributed by atoms with Crippen LogP contribution in [0.25, 0.3) is 10.9 Å². The Morgan fingerprint density at radius 1 is 1.13 bits per heavy atom. The molecule has 0 saturated carbocycles. The number of aryl methyl sites for hydroxylation is 2. The monoisotopic (exact) mass is 514 g/mol. The van der Waals surface area contributed by atoms with Gasteiger partial charge in [-0.3, -0.25) is 9.59 Å². The Balaban J connectivity index is 1.43. The highest BCUT2D eigenvalue weighted by Gasteiger charge is 2.31. The van der Waals surface area contributed by atoms with Gasteiger partial charge in [0, 0.05) is 46.5 Å². The number of rotatable bonds is 6. The van der Waals surface area contributed by atoms with Gasteiger partial charge in [0.25, 0.3) is 11.5 Å². The van der Waals surface area contributed by atoms with Crippen LogP contribution in [0, 0.1) is 32.5 Å². The molecule has 1 amide bonds. The summed E-state index contributed by atoms with van der Waals surface area (Å²) >= 11 is 0. The highest BCUT2D eigenvalue weighted by molar-refractivity contribution is 6.08. The van der Waals surface area contributed by atoms with Gasteiger partial charge in [-0.2, -0.15) is 0 Å². The number of piperidine rings is 1. The van der Waals surface area contributed by atoms with Crippen molar-refractivity contribution in [2.24, 2.45) is 5.92 Å². The summed E-state index contributed by atoms with van der Waals surface area (Å²) in [6, 6.07) is 17.0. The Morgan fingerprint density at radius 2 is 1.92 bits per heavy atom. The van der Waals surface area contributed by atoms with Gasteiger partial charge in [-0.15, -0.1) is 0 Å². The van der Waals surface area contributed by atoms with Crippen molar-refractivity contribution in [2.45, 2.75) is 59.2 Å². The molecule has 4 aromatic rings. The van der Waals surface area contributed by atoms with E-state index in [1.807, 2.05) is 51.1 Å². The summed E-state index contributed by atoms with van der Waals surface area (Å²) in [5.41, 5.74) is 5.60. The molecule has 2 aromatic carbocycles. The number of aromatic amines is 1. The normalized spacial score (nSPS) is 18.4. The van der Waals surface area contributed by atoms with Crippen molar-refractivity contribution in [3.63, 3.8) is 0 Å². The first-order chi connectivity index (χ1) is 18.2. The van der Waals surface area contributed by atoms with Crippen molar-refractivity contribution >= 4 is 16.8 Å². The molecule has 1 aliphatic rings. The number of aromatic nitrogens is 2.